The zero-order chi connectivity index (χ0) is 20.9. The van der Waals surface area contributed by atoms with Crippen LogP contribution in [-0.2, 0) is 27.9 Å². The summed E-state index contributed by atoms with van der Waals surface area (Å²) in [6, 6.07) is 9.20. The Labute approximate surface area is 163 Å². The molecule has 8 nitrogen and oxygen atoms in total. The van der Waals surface area contributed by atoms with Gasteiger partial charge in [-0.25, -0.2) is 0 Å². The van der Waals surface area contributed by atoms with Crippen LogP contribution in [0.5, 0.6) is 11.5 Å². The van der Waals surface area contributed by atoms with Gasteiger partial charge in [0.1, 0.15) is 6.04 Å². The second-order valence-corrected chi connectivity index (χ2v) is 7.66. The number of carbonyl (C=O) groups is 1. The van der Waals surface area contributed by atoms with Crippen LogP contribution in [-0.4, -0.2) is 44.3 Å². The molecular weight excluding hydrogens is 386 g/mol. The van der Waals surface area contributed by atoms with Crippen molar-refractivity contribution in [2.75, 3.05) is 14.2 Å². The van der Waals surface area contributed by atoms with Crippen LogP contribution < -0.4 is 14.8 Å². The molecule has 0 radical (unpaired) electrons. The van der Waals surface area contributed by atoms with Gasteiger partial charge in [-0.1, -0.05) is 17.7 Å². The second-order valence-electron chi connectivity index (χ2n) is 6.24. The summed E-state index contributed by atoms with van der Waals surface area (Å²) >= 11 is 0. The molecule has 2 aromatic carbocycles. The summed E-state index contributed by atoms with van der Waals surface area (Å²) in [6.45, 7) is 2.38. The Hall–Kier alpha value is -2.62. The van der Waals surface area contributed by atoms with Gasteiger partial charge in [-0.3, -0.25) is 9.35 Å². The van der Waals surface area contributed by atoms with Crippen LogP contribution in [0.4, 0.5) is 0 Å². The van der Waals surface area contributed by atoms with Crippen LogP contribution in [0.1, 0.15) is 16.7 Å². The molecular formula is C19H23NO7S. The summed E-state index contributed by atoms with van der Waals surface area (Å²) in [5.41, 5.74) is 3.01. The molecule has 1 aliphatic heterocycles. The van der Waals surface area contributed by atoms with Crippen molar-refractivity contribution in [3.63, 3.8) is 0 Å². The van der Waals surface area contributed by atoms with Crippen molar-refractivity contribution in [2.45, 2.75) is 30.8 Å². The van der Waals surface area contributed by atoms with Crippen molar-refractivity contribution in [3.05, 3.63) is 53.1 Å². The molecule has 152 valence electrons. The Morgan fingerprint density at radius 1 is 1.07 bits per heavy atom. The van der Waals surface area contributed by atoms with E-state index in [1.807, 2.05) is 19.1 Å². The first-order valence-electron chi connectivity index (χ1n) is 8.39. The Bertz CT molecular complexity index is 939. The summed E-state index contributed by atoms with van der Waals surface area (Å²) in [5, 5.41) is 11.9. The van der Waals surface area contributed by atoms with Gasteiger partial charge in [0, 0.05) is 6.54 Å². The third kappa shape index (κ3) is 5.44. The molecule has 28 heavy (non-hydrogen) atoms. The fourth-order valence-electron chi connectivity index (χ4n) is 2.73. The van der Waals surface area contributed by atoms with Crippen LogP contribution >= 0.6 is 0 Å². The molecule has 9 heteroatoms. The number of carboxylic acids is 1. The van der Waals surface area contributed by atoms with Crippen molar-refractivity contribution < 1.29 is 32.3 Å². The zero-order valence-electron chi connectivity index (χ0n) is 15.8. The number of fused-ring (bicyclic) bond motifs is 1. The normalized spacial score (nSPS) is 15.6. The first-order chi connectivity index (χ1) is 13.2. The fourth-order valence-corrected chi connectivity index (χ4v) is 3.21. The Balaban J connectivity index is 0.000000221. The summed E-state index contributed by atoms with van der Waals surface area (Å²) in [6.07, 6.45) is 0.463. The second kappa shape index (κ2) is 9.05. The minimum absolute atomic E-state index is 0.0666. The lowest BCUT2D eigenvalue weighted by Crippen LogP contribution is -2.41. The van der Waals surface area contributed by atoms with Gasteiger partial charge >= 0.3 is 5.97 Å². The highest BCUT2D eigenvalue weighted by molar-refractivity contribution is 7.85. The third-order valence-corrected chi connectivity index (χ3v) is 5.15. The molecule has 1 aliphatic rings. The molecule has 0 bridgehead atoms. The van der Waals surface area contributed by atoms with Gasteiger partial charge in [0.15, 0.2) is 11.5 Å². The molecule has 3 N–H and O–H groups in total. The summed E-state index contributed by atoms with van der Waals surface area (Å²) in [7, 11) is -0.866. The maximum atomic E-state index is 10.9. The van der Waals surface area contributed by atoms with Crippen molar-refractivity contribution in [2.24, 2.45) is 0 Å². The molecule has 0 spiro atoms. The first kappa shape index (κ1) is 21.7. The molecule has 0 saturated heterocycles. The van der Waals surface area contributed by atoms with Crippen LogP contribution in [0.15, 0.2) is 41.3 Å². The lowest BCUT2D eigenvalue weighted by molar-refractivity contribution is -0.139. The average molecular weight is 409 g/mol. The van der Waals surface area contributed by atoms with E-state index < -0.39 is 22.1 Å². The number of hydrogen-bond acceptors (Lipinski definition) is 6. The number of aryl methyl sites for hydroxylation is 1. The topological polar surface area (TPSA) is 122 Å². The standard InChI is InChI=1S/C12H15NO4.C7H8O3S/c1-16-10-4-7-3-9(12(14)15)13-6-8(7)5-11(10)17-2;1-6-2-4-7(5-3-6)11(8,9)10/h4-5,9,13H,3,6H2,1-2H3,(H,14,15);2-5H,1H3,(H,8,9,10). The van der Waals surface area contributed by atoms with Gasteiger partial charge < -0.3 is 19.9 Å². The van der Waals surface area contributed by atoms with Crippen molar-refractivity contribution in [1.82, 2.24) is 5.32 Å². The number of ether oxygens (including phenoxy) is 2. The SMILES string of the molecule is COc1cc2c(cc1OC)CC(C(=O)O)NC2.Cc1ccc(S(=O)(=O)O)cc1. The highest BCUT2D eigenvalue weighted by atomic mass is 32.2. The number of nitrogens with one attached hydrogen (secondary N) is 1. The smallest absolute Gasteiger partial charge is 0.321 e. The van der Waals surface area contributed by atoms with E-state index in [4.69, 9.17) is 19.1 Å². The van der Waals surface area contributed by atoms with Crippen LogP contribution in [0.2, 0.25) is 0 Å². The number of carboxylic acid groups (broad SMARTS) is 1. The first-order valence-corrected chi connectivity index (χ1v) is 9.83. The molecule has 0 fully saturated rings. The van der Waals surface area contributed by atoms with Gasteiger partial charge in [-0.15, -0.1) is 0 Å². The molecule has 3 rings (SSSR count). The Kier molecular flexibility index (Phi) is 7.00. The maximum Gasteiger partial charge on any atom is 0.321 e. The number of benzene rings is 2. The molecule has 0 aromatic heterocycles. The Morgan fingerprint density at radius 3 is 2.07 bits per heavy atom. The Morgan fingerprint density at radius 2 is 1.61 bits per heavy atom. The summed E-state index contributed by atoms with van der Waals surface area (Å²) < 4.78 is 40.0. The van der Waals surface area contributed by atoms with Crippen molar-refractivity contribution >= 4 is 16.1 Å². The van der Waals surface area contributed by atoms with E-state index in [-0.39, 0.29) is 4.90 Å². The number of methoxy groups -OCH3 is 2. The fraction of sp³-hybridized carbons (Fsp3) is 0.316. The molecule has 1 unspecified atom stereocenters. The van der Waals surface area contributed by atoms with E-state index >= 15 is 0 Å². The highest BCUT2D eigenvalue weighted by Gasteiger charge is 2.25. The molecule has 2 aromatic rings. The summed E-state index contributed by atoms with van der Waals surface area (Å²) in [5.74, 6) is 0.476. The minimum atomic E-state index is -4.02. The van der Waals surface area contributed by atoms with E-state index in [1.165, 1.54) is 12.1 Å². The van der Waals surface area contributed by atoms with Gasteiger partial charge in [0.2, 0.25) is 0 Å². The lowest BCUT2D eigenvalue weighted by atomic mass is 9.95. The van der Waals surface area contributed by atoms with E-state index in [9.17, 15) is 13.2 Å². The lowest BCUT2D eigenvalue weighted by Gasteiger charge is -2.24. The summed E-state index contributed by atoms with van der Waals surface area (Å²) in [4.78, 5) is 10.9. The van der Waals surface area contributed by atoms with Gasteiger partial charge in [-0.2, -0.15) is 8.42 Å². The zero-order valence-corrected chi connectivity index (χ0v) is 16.6. The molecule has 0 saturated carbocycles. The van der Waals surface area contributed by atoms with Gasteiger partial charge in [0.25, 0.3) is 10.1 Å². The largest absolute Gasteiger partial charge is 0.493 e. The quantitative estimate of drug-likeness (QED) is 0.656. The van der Waals surface area contributed by atoms with E-state index in [0.29, 0.717) is 24.5 Å². The average Bonchev–Trinajstić information content (AvgIpc) is 2.66. The van der Waals surface area contributed by atoms with E-state index in [0.717, 1.165) is 16.7 Å². The molecule has 0 aliphatic carbocycles. The van der Waals surface area contributed by atoms with E-state index in [2.05, 4.69) is 5.32 Å². The molecule has 1 heterocycles. The maximum absolute atomic E-state index is 10.9. The van der Waals surface area contributed by atoms with Crippen LogP contribution in [0.3, 0.4) is 0 Å². The number of rotatable bonds is 4. The molecule has 0 amide bonds. The number of aliphatic carboxylic acids is 1. The van der Waals surface area contributed by atoms with Crippen LogP contribution in [0.25, 0.3) is 0 Å². The number of hydrogen-bond donors (Lipinski definition) is 3. The minimum Gasteiger partial charge on any atom is -0.493 e. The van der Waals surface area contributed by atoms with Crippen molar-refractivity contribution in [3.8, 4) is 11.5 Å². The predicted molar refractivity (Wildman–Crippen MR) is 103 cm³/mol. The van der Waals surface area contributed by atoms with Crippen LogP contribution in [0, 0.1) is 6.92 Å². The third-order valence-electron chi connectivity index (χ3n) is 4.29. The van der Waals surface area contributed by atoms with Gasteiger partial charge in [-0.05, 0) is 48.7 Å². The van der Waals surface area contributed by atoms with E-state index in [1.54, 1.807) is 26.4 Å². The predicted octanol–water partition coefficient (Wildman–Crippen LogP) is 2.04. The van der Waals surface area contributed by atoms with Gasteiger partial charge in [0.05, 0.1) is 19.1 Å². The highest BCUT2D eigenvalue weighted by Crippen LogP contribution is 2.32. The van der Waals surface area contributed by atoms with Crippen molar-refractivity contribution in [1.29, 1.82) is 0 Å². The monoisotopic (exact) mass is 409 g/mol. The molecule has 1 atom stereocenters.